The van der Waals surface area contributed by atoms with Gasteiger partial charge < -0.3 is 10.6 Å². The Hall–Kier alpha value is -3.15. The van der Waals surface area contributed by atoms with Crippen LogP contribution in [0, 0.1) is 13.8 Å². The quantitative estimate of drug-likeness (QED) is 0.750. The van der Waals surface area contributed by atoms with Gasteiger partial charge in [0.2, 0.25) is 0 Å². The lowest BCUT2D eigenvalue weighted by Gasteiger charge is -2.08. The largest absolute Gasteiger partial charge is 0.366 e. The first-order chi connectivity index (χ1) is 12.0. The van der Waals surface area contributed by atoms with Crippen LogP contribution in [0.2, 0.25) is 0 Å². The van der Waals surface area contributed by atoms with Crippen molar-refractivity contribution in [3.63, 3.8) is 0 Å². The smallest absolute Gasteiger partial charge is 0.257 e. The van der Waals surface area contributed by atoms with E-state index in [-0.39, 0.29) is 5.91 Å². The number of pyridine rings is 1. The van der Waals surface area contributed by atoms with Crippen molar-refractivity contribution in [2.24, 2.45) is 7.05 Å². The number of nitrogens with one attached hydrogen (secondary N) is 2. The highest BCUT2D eigenvalue weighted by Crippen LogP contribution is 2.13. The summed E-state index contributed by atoms with van der Waals surface area (Å²) < 4.78 is 1.84. The van der Waals surface area contributed by atoms with Crippen molar-refractivity contribution in [2.45, 2.75) is 20.4 Å². The summed E-state index contributed by atoms with van der Waals surface area (Å²) in [5.74, 6) is 0.543. The topological polar surface area (TPSA) is 71.8 Å². The summed E-state index contributed by atoms with van der Waals surface area (Å²) in [6, 6.07) is 11.2. The first kappa shape index (κ1) is 16.7. The fourth-order valence-electron chi connectivity index (χ4n) is 2.38. The molecule has 6 heteroatoms. The average Bonchev–Trinajstić information content (AvgIpc) is 2.94. The molecule has 0 fully saturated rings. The predicted molar refractivity (Wildman–Crippen MR) is 98.6 cm³/mol. The highest BCUT2D eigenvalue weighted by atomic mass is 16.1. The van der Waals surface area contributed by atoms with Gasteiger partial charge in [-0.3, -0.25) is 9.48 Å². The van der Waals surface area contributed by atoms with Crippen molar-refractivity contribution in [1.82, 2.24) is 14.8 Å². The number of hydrogen-bond donors (Lipinski definition) is 2. The Morgan fingerprint density at radius 3 is 2.44 bits per heavy atom. The maximum atomic E-state index is 12.3. The van der Waals surface area contributed by atoms with Crippen LogP contribution in [0.4, 0.5) is 11.5 Å². The monoisotopic (exact) mass is 335 g/mol. The molecule has 0 atom stereocenters. The van der Waals surface area contributed by atoms with E-state index in [4.69, 9.17) is 0 Å². The molecule has 6 nitrogen and oxygen atoms in total. The molecule has 0 aliphatic heterocycles. The zero-order valence-electron chi connectivity index (χ0n) is 14.6. The third-order valence-corrected chi connectivity index (χ3v) is 4.13. The third kappa shape index (κ3) is 4.03. The van der Waals surface area contributed by atoms with Crippen LogP contribution < -0.4 is 10.6 Å². The molecule has 3 aromatic rings. The molecule has 0 saturated heterocycles. The van der Waals surface area contributed by atoms with Gasteiger partial charge in [-0.05, 0) is 38.1 Å². The lowest BCUT2D eigenvalue weighted by molar-refractivity contribution is 0.102. The van der Waals surface area contributed by atoms with E-state index in [1.165, 1.54) is 0 Å². The van der Waals surface area contributed by atoms with Crippen molar-refractivity contribution in [3.05, 3.63) is 71.2 Å². The normalized spacial score (nSPS) is 10.5. The van der Waals surface area contributed by atoms with Crippen LogP contribution in [0.5, 0.6) is 0 Å². The molecule has 0 aliphatic carbocycles. The predicted octanol–water partition coefficient (Wildman–Crippen LogP) is 3.30. The minimum Gasteiger partial charge on any atom is -0.366 e. The number of hydrogen-bond acceptors (Lipinski definition) is 4. The van der Waals surface area contributed by atoms with Crippen LogP contribution in [0.15, 0.2) is 48.8 Å². The van der Waals surface area contributed by atoms with E-state index >= 15 is 0 Å². The highest BCUT2D eigenvalue weighted by molar-refractivity contribution is 6.04. The van der Waals surface area contributed by atoms with E-state index in [1.807, 2.05) is 56.0 Å². The Morgan fingerprint density at radius 1 is 1.08 bits per heavy atom. The van der Waals surface area contributed by atoms with Crippen molar-refractivity contribution >= 4 is 17.4 Å². The Bertz CT molecular complexity index is 866. The van der Waals surface area contributed by atoms with E-state index in [1.54, 1.807) is 18.3 Å². The highest BCUT2D eigenvalue weighted by Gasteiger charge is 2.08. The van der Waals surface area contributed by atoms with Gasteiger partial charge in [0, 0.05) is 36.7 Å². The molecule has 2 N–H and O–H groups in total. The molecule has 0 saturated carbocycles. The number of carbonyl (C=O) groups is 1. The van der Waals surface area contributed by atoms with Crippen LogP contribution in [0.3, 0.4) is 0 Å². The summed E-state index contributed by atoms with van der Waals surface area (Å²) in [7, 11) is 1.92. The van der Waals surface area contributed by atoms with Gasteiger partial charge in [-0.2, -0.15) is 5.10 Å². The van der Waals surface area contributed by atoms with Crippen LogP contribution in [0.1, 0.15) is 27.2 Å². The molecule has 1 aromatic carbocycles. The molecule has 0 aliphatic rings. The summed E-state index contributed by atoms with van der Waals surface area (Å²) in [6.45, 7) is 4.67. The molecule has 0 spiro atoms. The summed E-state index contributed by atoms with van der Waals surface area (Å²) in [4.78, 5) is 16.6. The van der Waals surface area contributed by atoms with E-state index in [9.17, 15) is 4.79 Å². The van der Waals surface area contributed by atoms with Crippen LogP contribution in [-0.4, -0.2) is 20.7 Å². The standard InChI is InChI=1S/C19H21N5O/c1-13-4-7-17(8-5-13)23-19(25)15-6-9-18(20-10-15)21-11-16-12-22-24(3)14(16)2/h4-10,12H,11H2,1-3H3,(H,20,21)(H,23,25). The number of aromatic nitrogens is 3. The van der Waals surface area contributed by atoms with Crippen molar-refractivity contribution in [3.8, 4) is 0 Å². The number of carbonyl (C=O) groups excluding carboxylic acids is 1. The summed E-state index contributed by atoms with van der Waals surface area (Å²) >= 11 is 0. The zero-order valence-corrected chi connectivity index (χ0v) is 14.6. The second kappa shape index (κ2) is 7.17. The van der Waals surface area contributed by atoms with Gasteiger partial charge in [-0.25, -0.2) is 4.98 Å². The number of anilines is 2. The van der Waals surface area contributed by atoms with Gasteiger partial charge in [0.15, 0.2) is 0 Å². The van der Waals surface area contributed by atoms with E-state index in [0.29, 0.717) is 12.1 Å². The van der Waals surface area contributed by atoms with Crippen LogP contribution >= 0.6 is 0 Å². The van der Waals surface area contributed by atoms with Gasteiger partial charge in [0.1, 0.15) is 5.82 Å². The molecule has 3 rings (SSSR count). The Labute approximate surface area is 146 Å². The average molecular weight is 335 g/mol. The Morgan fingerprint density at radius 2 is 1.84 bits per heavy atom. The van der Waals surface area contributed by atoms with Crippen LogP contribution in [-0.2, 0) is 13.6 Å². The van der Waals surface area contributed by atoms with Gasteiger partial charge in [-0.1, -0.05) is 17.7 Å². The number of rotatable bonds is 5. The molecule has 25 heavy (non-hydrogen) atoms. The van der Waals surface area contributed by atoms with E-state index < -0.39 is 0 Å². The van der Waals surface area contributed by atoms with Gasteiger partial charge >= 0.3 is 0 Å². The van der Waals surface area contributed by atoms with Crippen LogP contribution in [0.25, 0.3) is 0 Å². The number of nitrogens with zero attached hydrogens (tertiary/aromatic N) is 3. The lowest BCUT2D eigenvalue weighted by Crippen LogP contribution is -2.12. The number of amides is 1. The lowest BCUT2D eigenvalue weighted by atomic mass is 10.2. The number of benzene rings is 1. The minimum atomic E-state index is -0.175. The first-order valence-electron chi connectivity index (χ1n) is 8.08. The molecule has 0 radical (unpaired) electrons. The maximum Gasteiger partial charge on any atom is 0.257 e. The molecular formula is C19H21N5O. The van der Waals surface area contributed by atoms with Gasteiger partial charge in [0.05, 0.1) is 11.8 Å². The second-order valence-electron chi connectivity index (χ2n) is 5.98. The summed E-state index contributed by atoms with van der Waals surface area (Å²) in [5.41, 5.74) is 4.67. The Balaban J connectivity index is 1.60. The van der Waals surface area contributed by atoms with Gasteiger partial charge in [0.25, 0.3) is 5.91 Å². The maximum absolute atomic E-state index is 12.3. The fraction of sp³-hybridized carbons (Fsp3) is 0.211. The van der Waals surface area contributed by atoms with Crippen molar-refractivity contribution < 1.29 is 4.79 Å². The second-order valence-corrected chi connectivity index (χ2v) is 5.98. The SMILES string of the molecule is Cc1ccc(NC(=O)c2ccc(NCc3cnn(C)c3C)nc2)cc1. The molecule has 0 bridgehead atoms. The first-order valence-corrected chi connectivity index (χ1v) is 8.08. The molecular weight excluding hydrogens is 314 g/mol. The van der Waals surface area contributed by atoms with Crippen molar-refractivity contribution in [1.29, 1.82) is 0 Å². The summed E-state index contributed by atoms with van der Waals surface area (Å²) in [6.07, 6.45) is 3.41. The van der Waals surface area contributed by atoms with E-state index in [2.05, 4.69) is 20.7 Å². The minimum absolute atomic E-state index is 0.175. The molecule has 2 aromatic heterocycles. The molecule has 0 unspecified atom stereocenters. The third-order valence-electron chi connectivity index (χ3n) is 4.13. The van der Waals surface area contributed by atoms with E-state index in [0.717, 1.165) is 28.3 Å². The van der Waals surface area contributed by atoms with Crippen molar-refractivity contribution in [2.75, 3.05) is 10.6 Å². The molecule has 1 amide bonds. The van der Waals surface area contributed by atoms with Gasteiger partial charge in [-0.15, -0.1) is 0 Å². The zero-order chi connectivity index (χ0) is 17.8. The molecule has 128 valence electrons. The summed E-state index contributed by atoms with van der Waals surface area (Å²) in [5, 5.41) is 10.3. The Kier molecular flexibility index (Phi) is 4.79. The fourth-order valence-corrected chi connectivity index (χ4v) is 2.38. The molecule has 2 heterocycles. The number of aryl methyl sites for hydroxylation is 2.